The number of nitro groups is 1. The Kier molecular flexibility index (Phi) is 4.63. The van der Waals surface area contributed by atoms with E-state index in [0.717, 1.165) is 21.3 Å². The summed E-state index contributed by atoms with van der Waals surface area (Å²) in [6.07, 6.45) is 0. The zero-order valence-electron chi connectivity index (χ0n) is 12.2. The van der Waals surface area contributed by atoms with Crippen LogP contribution in [0.15, 0.2) is 40.9 Å². The average molecular weight is 349 g/mol. The number of hydrogen-bond acceptors (Lipinski definition) is 3. The van der Waals surface area contributed by atoms with Crippen LogP contribution in [0.5, 0.6) is 0 Å². The van der Waals surface area contributed by atoms with E-state index < -0.39 is 0 Å². The smallest absolute Gasteiger partial charge is 0.269 e. The Bertz CT molecular complexity index is 663. The van der Waals surface area contributed by atoms with Crippen molar-refractivity contribution >= 4 is 27.3 Å². The van der Waals surface area contributed by atoms with E-state index in [0.29, 0.717) is 0 Å². The van der Waals surface area contributed by atoms with Crippen molar-refractivity contribution in [2.45, 2.75) is 26.8 Å². The second kappa shape index (κ2) is 6.26. The molecule has 0 radical (unpaired) electrons. The third-order valence-electron chi connectivity index (χ3n) is 3.37. The minimum Gasteiger partial charge on any atom is -0.377 e. The fourth-order valence-electron chi connectivity index (χ4n) is 2.31. The molecule has 21 heavy (non-hydrogen) atoms. The standard InChI is InChI=1S/C16H17BrN2O2/c1-10-7-11(2)16(15(17)8-10)18-12(3)13-5-4-6-14(9-13)19(20)21/h4-9,12,18H,1-3H3. The molecule has 2 aromatic rings. The zero-order chi connectivity index (χ0) is 15.6. The minimum absolute atomic E-state index is 0.0254. The van der Waals surface area contributed by atoms with Crippen molar-refractivity contribution in [1.29, 1.82) is 0 Å². The van der Waals surface area contributed by atoms with Crippen LogP contribution < -0.4 is 5.32 Å². The zero-order valence-corrected chi connectivity index (χ0v) is 13.8. The summed E-state index contributed by atoms with van der Waals surface area (Å²) in [5.41, 5.74) is 4.34. The number of non-ortho nitro benzene ring substituents is 1. The van der Waals surface area contributed by atoms with Crippen molar-refractivity contribution < 1.29 is 4.92 Å². The second-order valence-corrected chi connectivity index (χ2v) is 6.01. The Balaban J connectivity index is 2.28. The monoisotopic (exact) mass is 348 g/mol. The first kappa shape index (κ1) is 15.5. The van der Waals surface area contributed by atoms with Gasteiger partial charge in [0.15, 0.2) is 0 Å². The van der Waals surface area contributed by atoms with E-state index in [9.17, 15) is 10.1 Å². The fraction of sp³-hybridized carbons (Fsp3) is 0.250. The van der Waals surface area contributed by atoms with Crippen LogP contribution in [0.4, 0.5) is 11.4 Å². The molecule has 1 N–H and O–H groups in total. The molecule has 5 heteroatoms. The number of aryl methyl sites for hydroxylation is 2. The van der Waals surface area contributed by atoms with Gasteiger partial charge in [0.05, 0.1) is 10.6 Å². The topological polar surface area (TPSA) is 55.2 Å². The van der Waals surface area contributed by atoms with E-state index in [4.69, 9.17) is 0 Å². The van der Waals surface area contributed by atoms with Gasteiger partial charge in [-0.25, -0.2) is 0 Å². The van der Waals surface area contributed by atoms with Crippen LogP contribution in [0.2, 0.25) is 0 Å². The van der Waals surface area contributed by atoms with Crippen LogP contribution in [-0.2, 0) is 0 Å². The SMILES string of the molecule is Cc1cc(C)c(NC(C)c2cccc([N+](=O)[O-])c2)c(Br)c1. The first-order valence-electron chi connectivity index (χ1n) is 6.66. The highest BCUT2D eigenvalue weighted by Crippen LogP contribution is 2.31. The van der Waals surface area contributed by atoms with Crippen molar-refractivity contribution in [3.8, 4) is 0 Å². The van der Waals surface area contributed by atoms with Crippen molar-refractivity contribution in [1.82, 2.24) is 0 Å². The first-order valence-corrected chi connectivity index (χ1v) is 7.45. The number of hydrogen-bond donors (Lipinski definition) is 1. The summed E-state index contributed by atoms with van der Waals surface area (Å²) in [5, 5.41) is 14.3. The van der Waals surface area contributed by atoms with Crippen LogP contribution in [0.25, 0.3) is 0 Å². The Morgan fingerprint density at radius 3 is 2.57 bits per heavy atom. The maximum Gasteiger partial charge on any atom is 0.269 e. The lowest BCUT2D eigenvalue weighted by atomic mass is 10.1. The Morgan fingerprint density at radius 1 is 1.24 bits per heavy atom. The molecule has 0 bridgehead atoms. The number of nitrogens with zero attached hydrogens (tertiary/aromatic N) is 1. The molecule has 0 saturated heterocycles. The van der Waals surface area contributed by atoms with Crippen molar-refractivity contribution in [2.75, 3.05) is 5.32 Å². The molecule has 2 aromatic carbocycles. The van der Waals surface area contributed by atoms with Gasteiger partial charge in [-0.15, -0.1) is 0 Å². The highest BCUT2D eigenvalue weighted by molar-refractivity contribution is 9.10. The molecule has 0 aliphatic rings. The van der Waals surface area contributed by atoms with E-state index in [2.05, 4.69) is 33.4 Å². The van der Waals surface area contributed by atoms with E-state index in [-0.39, 0.29) is 16.7 Å². The molecule has 2 rings (SSSR count). The van der Waals surface area contributed by atoms with Gasteiger partial charge in [-0.3, -0.25) is 10.1 Å². The summed E-state index contributed by atoms with van der Waals surface area (Å²) in [7, 11) is 0. The molecule has 0 saturated carbocycles. The quantitative estimate of drug-likeness (QED) is 0.614. The molecule has 0 spiro atoms. The van der Waals surface area contributed by atoms with Gasteiger partial charge in [0, 0.05) is 22.6 Å². The lowest BCUT2D eigenvalue weighted by Crippen LogP contribution is -2.08. The molecule has 0 heterocycles. The number of benzene rings is 2. The summed E-state index contributed by atoms with van der Waals surface area (Å²) in [5.74, 6) is 0. The minimum atomic E-state index is -0.372. The molecule has 0 fully saturated rings. The van der Waals surface area contributed by atoms with Gasteiger partial charge in [0.1, 0.15) is 0 Å². The number of nitrogens with one attached hydrogen (secondary N) is 1. The molecule has 1 unspecified atom stereocenters. The third kappa shape index (κ3) is 3.61. The highest BCUT2D eigenvalue weighted by atomic mass is 79.9. The molecule has 1 atom stereocenters. The van der Waals surface area contributed by atoms with Crippen LogP contribution in [-0.4, -0.2) is 4.92 Å². The third-order valence-corrected chi connectivity index (χ3v) is 4.00. The van der Waals surface area contributed by atoms with E-state index in [1.165, 1.54) is 11.6 Å². The van der Waals surface area contributed by atoms with Gasteiger partial charge in [-0.05, 0) is 59.5 Å². The lowest BCUT2D eigenvalue weighted by molar-refractivity contribution is -0.384. The van der Waals surface area contributed by atoms with Gasteiger partial charge < -0.3 is 5.32 Å². The predicted molar refractivity (Wildman–Crippen MR) is 88.8 cm³/mol. The summed E-state index contributed by atoms with van der Waals surface area (Å²) in [4.78, 5) is 10.5. The Hall–Kier alpha value is -1.88. The second-order valence-electron chi connectivity index (χ2n) is 5.16. The number of halogens is 1. The van der Waals surface area contributed by atoms with Crippen LogP contribution in [0.3, 0.4) is 0 Å². The Morgan fingerprint density at radius 2 is 1.95 bits per heavy atom. The number of rotatable bonds is 4. The van der Waals surface area contributed by atoms with Crippen LogP contribution in [0, 0.1) is 24.0 Å². The van der Waals surface area contributed by atoms with Crippen molar-refractivity contribution in [3.05, 3.63) is 67.7 Å². The molecule has 0 amide bonds. The van der Waals surface area contributed by atoms with Gasteiger partial charge in [-0.1, -0.05) is 18.2 Å². The average Bonchev–Trinajstić information content (AvgIpc) is 2.42. The number of anilines is 1. The Labute approximate surface area is 132 Å². The molecular weight excluding hydrogens is 332 g/mol. The van der Waals surface area contributed by atoms with Gasteiger partial charge in [0.25, 0.3) is 5.69 Å². The maximum atomic E-state index is 10.9. The van der Waals surface area contributed by atoms with Crippen molar-refractivity contribution in [2.24, 2.45) is 0 Å². The molecule has 110 valence electrons. The summed E-state index contributed by atoms with van der Waals surface area (Å²) in [6, 6.07) is 10.8. The van der Waals surface area contributed by atoms with Gasteiger partial charge in [-0.2, -0.15) is 0 Å². The molecular formula is C16H17BrN2O2. The fourth-order valence-corrected chi connectivity index (χ4v) is 3.09. The molecule has 4 nitrogen and oxygen atoms in total. The van der Waals surface area contributed by atoms with Crippen LogP contribution in [0.1, 0.15) is 29.7 Å². The van der Waals surface area contributed by atoms with E-state index in [1.54, 1.807) is 12.1 Å². The lowest BCUT2D eigenvalue weighted by Gasteiger charge is -2.19. The maximum absolute atomic E-state index is 10.9. The molecule has 0 aliphatic carbocycles. The predicted octanol–water partition coefficient (Wildman–Crippen LogP) is 5.15. The van der Waals surface area contributed by atoms with Gasteiger partial charge >= 0.3 is 0 Å². The van der Waals surface area contributed by atoms with Crippen LogP contribution >= 0.6 is 15.9 Å². The summed E-state index contributed by atoms with van der Waals surface area (Å²) in [6.45, 7) is 6.08. The molecule has 0 aliphatic heterocycles. The number of nitro benzene ring substituents is 1. The summed E-state index contributed by atoms with van der Waals surface area (Å²) < 4.78 is 0.997. The van der Waals surface area contributed by atoms with E-state index in [1.807, 2.05) is 26.8 Å². The van der Waals surface area contributed by atoms with Crippen molar-refractivity contribution in [3.63, 3.8) is 0 Å². The highest BCUT2D eigenvalue weighted by Gasteiger charge is 2.13. The first-order chi connectivity index (χ1) is 9.88. The normalized spacial score (nSPS) is 12.0. The van der Waals surface area contributed by atoms with E-state index >= 15 is 0 Å². The molecule has 0 aromatic heterocycles. The largest absolute Gasteiger partial charge is 0.377 e. The van der Waals surface area contributed by atoms with Gasteiger partial charge in [0.2, 0.25) is 0 Å². The summed E-state index contributed by atoms with van der Waals surface area (Å²) >= 11 is 3.57.